The summed E-state index contributed by atoms with van der Waals surface area (Å²) in [5.74, 6) is 0.432. The summed E-state index contributed by atoms with van der Waals surface area (Å²) >= 11 is 1.62. The molecule has 22 heavy (non-hydrogen) atoms. The zero-order chi connectivity index (χ0) is 15.4. The number of urea groups is 1. The fourth-order valence-electron chi connectivity index (χ4n) is 2.34. The van der Waals surface area contributed by atoms with Gasteiger partial charge in [0.2, 0.25) is 0 Å². The molecule has 1 saturated heterocycles. The monoisotopic (exact) mass is 317 g/mol. The maximum Gasteiger partial charge on any atom is 0.319 e. The normalized spacial score (nSPS) is 17.4. The standard InChI is InChI=1S/C16H19N3O2S/c1-11-10-22-15(18-11)13-2-4-14(5-3-13)19-16(20)17-8-12-6-7-21-9-12/h2-5,10,12H,6-9H2,1H3,(H2,17,19,20)/t12-/m0/s1. The van der Waals surface area contributed by atoms with E-state index in [0.29, 0.717) is 12.5 Å². The molecule has 0 unspecified atom stereocenters. The van der Waals surface area contributed by atoms with Gasteiger partial charge >= 0.3 is 6.03 Å². The molecule has 0 aliphatic carbocycles. The summed E-state index contributed by atoms with van der Waals surface area (Å²) in [5.41, 5.74) is 2.86. The van der Waals surface area contributed by atoms with Crippen molar-refractivity contribution < 1.29 is 9.53 Å². The maximum absolute atomic E-state index is 11.9. The van der Waals surface area contributed by atoms with Gasteiger partial charge in [0.1, 0.15) is 5.01 Å². The highest BCUT2D eigenvalue weighted by Gasteiger charge is 2.16. The van der Waals surface area contributed by atoms with Crippen molar-refractivity contribution in [2.24, 2.45) is 5.92 Å². The lowest BCUT2D eigenvalue weighted by atomic mass is 10.1. The fraction of sp³-hybridized carbons (Fsp3) is 0.375. The third-order valence-electron chi connectivity index (χ3n) is 3.58. The highest BCUT2D eigenvalue weighted by molar-refractivity contribution is 7.13. The number of hydrogen-bond donors (Lipinski definition) is 2. The Morgan fingerprint density at radius 3 is 2.86 bits per heavy atom. The van der Waals surface area contributed by atoms with Crippen LogP contribution in [0.4, 0.5) is 10.5 Å². The Bertz CT molecular complexity index is 633. The predicted molar refractivity (Wildman–Crippen MR) is 88.2 cm³/mol. The van der Waals surface area contributed by atoms with Crippen molar-refractivity contribution in [1.29, 1.82) is 0 Å². The maximum atomic E-state index is 11.9. The van der Waals surface area contributed by atoms with Gasteiger partial charge < -0.3 is 15.4 Å². The average molecular weight is 317 g/mol. The molecule has 0 spiro atoms. The molecule has 2 N–H and O–H groups in total. The molecule has 1 aromatic heterocycles. The second-order valence-corrected chi connectivity index (χ2v) is 6.29. The summed E-state index contributed by atoms with van der Waals surface area (Å²) in [4.78, 5) is 16.3. The van der Waals surface area contributed by atoms with Crippen molar-refractivity contribution >= 4 is 23.1 Å². The van der Waals surface area contributed by atoms with Crippen LogP contribution in [0.25, 0.3) is 10.6 Å². The molecule has 0 radical (unpaired) electrons. The second-order valence-electron chi connectivity index (χ2n) is 5.44. The molecule has 3 rings (SSSR count). The van der Waals surface area contributed by atoms with E-state index in [1.165, 1.54) is 0 Å². The van der Waals surface area contributed by atoms with E-state index in [4.69, 9.17) is 4.74 Å². The number of aryl methyl sites for hydroxylation is 1. The van der Waals surface area contributed by atoms with Crippen LogP contribution in [0.2, 0.25) is 0 Å². The SMILES string of the molecule is Cc1csc(-c2ccc(NC(=O)NC[C@@H]3CCOC3)cc2)n1. The van der Waals surface area contributed by atoms with Crippen molar-refractivity contribution in [3.63, 3.8) is 0 Å². The van der Waals surface area contributed by atoms with E-state index >= 15 is 0 Å². The molecule has 2 amide bonds. The van der Waals surface area contributed by atoms with Crippen molar-refractivity contribution in [2.75, 3.05) is 25.1 Å². The number of amides is 2. The predicted octanol–water partition coefficient (Wildman–Crippen LogP) is 3.28. The van der Waals surface area contributed by atoms with Crippen LogP contribution >= 0.6 is 11.3 Å². The van der Waals surface area contributed by atoms with Crippen molar-refractivity contribution in [3.05, 3.63) is 35.3 Å². The van der Waals surface area contributed by atoms with Crippen LogP contribution in [0.15, 0.2) is 29.6 Å². The van der Waals surface area contributed by atoms with Crippen molar-refractivity contribution in [2.45, 2.75) is 13.3 Å². The first kappa shape index (κ1) is 15.0. The molecule has 5 nitrogen and oxygen atoms in total. The summed E-state index contributed by atoms with van der Waals surface area (Å²) in [6, 6.07) is 7.55. The molecular formula is C16H19N3O2S. The van der Waals surface area contributed by atoms with Gasteiger partial charge in [-0.2, -0.15) is 0 Å². The second kappa shape index (κ2) is 6.89. The number of benzene rings is 1. The zero-order valence-corrected chi connectivity index (χ0v) is 13.3. The van der Waals surface area contributed by atoms with E-state index in [2.05, 4.69) is 15.6 Å². The van der Waals surface area contributed by atoms with E-state index in [0.717, 1.165) is 41.6 Å². The number of aromatic nitrogens is 1. The van der Waals surface area contributed by atoms with Gasteiger partial charge in [-0.15, -0.1) is 11.3 Å². The lowest BCUT2D eigenvalue weighted by Gasteiger charge is -2.11. The van der Waals surface area contributed by atoms with Crippen molar-refractivity contribution in [1.82, 2.24) is 10.3 Å². The van der Waals surface area contributed by atoms with Gasteiger partial charge in [-0.3, -0.25) is 0 Å². The Labute approximate surface area is 133 Å². The van der Waals surface area contributed by atoms with E-state index in [9.17, 15) is 4.79 Å². The molecule has 2 aromatic rings. The molecule has 1 fully saturated rings. The third kappa shape index (κ3) is 3.84. The third-order valence-corrected chi connectivity index (χ3v) is 4.59. The van der Waals surface area contributed by atoms with Gasteiger partial charge in [0.25, 0.3) is 0 Å². The molecular weight excluding hydrogens is 298 g/mol. The van der Waals surface area contributed by atoms with Crippen LogP contribution < -0.4 is 10.6 Å². The summed E-state index contributed by atoms with van der Waals surface area (Å²) in [7, 11) is 0. The summed E-state index contributed by atoms with van der Waals surface area (Å²) in [6.07, 6.45) is 1.02. The number of rotatable bonds is 4. The minimum Gasteiger partial charge on any atom is -0.381 e. The molecule has 1 aliphatic rings. The highest BCUT2D eigenvalue weighted by Crippen LogP contribution is 2.24. The van der Waals surface area contributed by atoms with Crippen LogP contribution in [0.3, 0.4) is 0 Å². The quantitative estimate of drug-likeness (QED) is 0.909. The van der Waals surface area contributed by atoms with Gasteiger partial charge in [-0.1, -0.05) is 0 Å². The smallest absolute Gasteiger partial charge is 0.319 e. The summed E-state index contributed by atoms with van der Waals surface area (Å²) in [5, 5.41) is 8.75. The number of carbonyl (C=O) groups is 1. The summed E-state index contributed by atoms with van der Waals surface area (Å²) < 4.78 is 5.29. The Morgan fingerprint density at radius 2 is 2.23 bits per heavy atom. The van der Waals surface area contributed by atoms with Crippen LogP contribution in [0.1, 0.15) is 12.1 Å². The topological polar surface area (TPSA) is 63.2 Å². The lowest BCUT2D eigenvalue weighted by Crippen LogP contribution is -2.33. The molecule has 1 aliphatic heterocycles. The average Bonchev–Trinajstić information content (AvgIpc) is 3.17. The number of nitrogens with one attached hydrogen (secondary N) is 2. The largest absolute Gasteiger partial charge is 0.381 e. The Morgan fingerprint density at radius 1 is 1.41 bits per heavy atom. The van der Waals surface area contributed by atoms with Crippen LogP contribution in [-0.2, 0) is 4.74 Å². The Balaban J connectivity index is 1.53. The molecule has 1 aromatic carbocycles. The Kier molecular flexibility index (Phi) is 4.70. The van der Waals surface area contributed by atoms with Gasteiger partial charge in [-0.05, 0) is 37.6 Å². The van der Waals surface area contributed by atoms with E-state index in [1.807, 2.05) is 36.6 Å². The zero-order valence-electron chi connectivity index (χ0n) is 12.5. The first-order valence-corrected chi connectivity index (χ1v) is 8.24. The summed E-state index contributed by atoms with van der Waals surface area (Å²) in [6.45, 7) is 4.17. The number of nitrogens with zero attached hydrogens (tertiary/aromatic N) is 1. The number of ether oxygens (including phenoxy) is 1. The van der Waals surface area contributed by atoms with Crippen LogP contribution in [-0.4, -0.2) is 30.8 Å². The molecule has 2 heterocycles. The van der Waals surface area contributed by atoms with Gasteiger partial charge in [0.05, 0.1) is 6.61 Å². The number of carbonyl (C=O) groups excluding carboxylic acids is 1. The number of thiazole rings is 1. The number of hydrogen-bond acceptors (Lipinski definition) is 4. The lowest BCUT2D eigenvalue weighted by molar-refractivity contribution is 0.185. The van der Waals surface area contributed by atoms with E-state index in [1.54, 1.807) is 11.3 Å². The van der Waals surface area contributed by atoms with E-state index < -0.39 is 0 Å². The highest BCUT2D eigenvalue weighted by atomic mass is 32.1. The molecule has 1 atom stereocenters. The molecule has 6 heteroatoms. The van der Waals surface area contributed by atoms with Gasteiger partial charge in [-0.25, -0.2) is 9.78 Å². The van der Waals surface area contributed by atoms with Gasteiger partial charge in [0.15, 0.2) is 0 Å². The first-order valence-electron chi connectivity index (χ1n) is 7.36. The van der Waals surface area contributed by atoms with E-state index in [-0.39, 0.29) is 6.03 Å². The minimum absolute atomic E-state index is 0.176. The molecule has 0 saturated carbocycles. The molecule has 0 bridgehead atoms. The van der Waals surface area contributed by atoms with Gasteiger partial charge in [0, 0.05) is 41.4 Å². The Hall–Kier alpha value is -1.92. The van der Waals surface area contributed by atoms with Crippen molar-refractivity contribution in [3.8, 4) is 10.6 Å². The minimum atomic E-state index is -0.176. The molecule has 116 valence electrons. The number of anilines is 1. The van der Waals surface area contributed by atoms with Crippen LogP contribution in [0.5, 0.6) is 0 Å². The van der Waals surface area contributed by atoms with Crippen LogP contribution in [0, 0.1) is 12.8 Å². The fourth-order valence-corrected chi connectivity index (χ4v) is 3.14. The first-order chi connectivity index (χ1) is 10.7.